The number of likely N-dealkylation sites (tertiary alicyclic amines) is 1. The summed E-state index contributed by atoms with van der Waals surface area (Å²) in [6.07, 6.45) is 2.33. The molecule has 3 nitrogen and oxygen atoms in total. The third-order valence-corrected chi connectivity index (χ3v) is 4.72. The van der Waals surface area contributed by atoms with Crippen molar-refractivity contribution in [3.8, 4) is 0 Å². The van der Waals surface area contributed by atoms with E-state index in [4.69, 9.17) is 0 Å². The Morgan fingerprint density at radius 3 is 2.20 bits per heavy atom. The molecule has 1 saturated heterocycles. The van der Waals surface area contributed by atoms with Crippen LogP contribution in [-0.4, -0.2) is 47.2 Å². The number of fused-ring (bicyclic) bond motifs is 1. The van der Waals surface area contributed by atoms with Gasteiger partial charge >= 0.3 is 0 Å². The van der Waals surface area contributed by atoms with E-state index >= 15 is 0 Å². The Kier molecular flexibility index (Phi) is 4.39. The molecule has 110 valence electrons. The van der Waals surface area contributed by atoms with Crippen LogP contribution in [0.15, 0.2) is 24.3 Å². The Labute approximate surface area is 122 Å². The number of benzene rings is 1. The van der Waals surface area contributed by atoms with E-state index in [1.165, 1.54) is 24.0 Å². The Hall–Kier alpha value is -0.900. The van der Waals surface area contributed by atoms with Crippen LogP contribution in [0, 0.1) is 5.92 Å². The van der Waals surface area contributed by atoms with E-state index in [9.17, 15) is 5.11 Å². The number of rotatable bonds is 4. The zero-order valence-corrected chi connectivity index (χ0v) is 12.5. The Morgan fingerprint density at radius 2 is 1.60 bits per heavy atom. The quantitative estimate of drug-likeness (QED) is 0.911. The smallest absolute Gasteiger partial charge is 0.0794 e. The molecule has 1 atom stereocenters. The summed E-state index contributed by atoms with van der Waals surface area (Å²) in [5.41, 5.74) is 2.85. The summed E-state index contributed by atoms with van der Waals surface area (Å²) in [5.74, 6) is 0.858. The van der Waals surface area contributed by atoms with Gasteiger partial charge in [0.2, 0.25) is 0 Å². The first kappa shape index (κ1) is 14.1. The van der Waals surface area contributed by atoms with Crippen LogP contribution in [0.25, 0.3) is 0 Å². The molecule has 3 heteroatoms. The van der Waals surface area contributed by atoms with Gasteiger partial charge in [0.1, 0.15) is 0 Å². The number of hydrogen-bond donors (Lipinski definition) is 1. The molecule has 20 heavy (non-hydrogen) atoms. The molecule has 0 radical (unpaired) electrons. The van der Waals surface area contributed by atoms with E-state index in [2.05, 4.69) is 41.0 Å². The molecule has 1 aromatic carbocycles. The summed E-state index contributed by atoms with van der Waals surface area (Å²) in [6.45, 7) is 8.24. The number of hydrogen-bond acceptors (Lipinski definition) is 3. The molecule has 0 amide bonds. The summed E-state index contributed by atoms with van der Waals surface area (Å²) in [6, 6.07) is 8.61. The van der Waals surface area contributed by atoms with Crippen LogP contribution in [0.3, 0.4) is 0 Å². The highest BCUT2D eigenvalue weighted by atomic mass is 16.3. The summed E-state index contributed by atoms with van der Waals surface area (Å²) in [7, 11) is 0. The van der Waals surface area contributed by atoms with Crippen molar-refractivity contribution < 1.29 is 5.11 Å². The third-order valence-electron chi connectivity index (χ3n) is 4.72. The van der Waals surface area contributed by atoms with Gasteiger partial charge in [-0.3, -0.25) is 4.90 Å². The lowest BCUT2D eigenvalue weighted by molar-refractivity contribution is 0.0604. The van der Waals surface area contributed by atoms with Gasteiger partial charge in [-0.05, 0) is 43.0 Å². The third kappa shape index (κ3) is 3.40. The Morgan fingerprint density at radius 1 is 1.05 bits per heavy atom. The standard InChI is InChI=1S/C17H26N2O/c1-14-6-8-18(9-7-14)12-17(20)13-19-10-15-4-2-3-5-16(15)11-19/h2-5,14,17,20H,6-13H2,1H3. The normalized spacial score (nSPS) is 22.9. The summed E-state index contributed by atoms with van der Waals surface area (Å²) in [5, 5.41) is 10.3. The van der Waals surface area contributed by atoms with Crippen molar-refractivity contribution in [2.45, 2.75) is 39.0 Å². The van der Waals surface area contributed by atoms with Gasteiger partial charge in [-0.15, -0.1) is 0 Å². The van der Waals surface area contributed by atoms with Crippen molar-refractivity contribution in [2.24, 2.45) is 5.92 Å². The lowest BCUT2D eigenvalue weighted by Gasteiger charge is -2.32. The topological polar surface area (TPSA) is 26.7 Å². The fourth-order valence-corrected chi connectivity index (χ4v) is 3.43. The second-order valence-electron chi connectivity index (χ2n) is 6.58. The molecular formula is C17H26N2O. The van der Waals surface area contributed by atoms with Crippen LogP contribution < -0.4 is 0 Å². The fraction of sp³-hybridized carbons (Fsp3) is 0.647. The first-order valence-electron chi connectivity index (χ1n) is 7.90. The number of nitrogens with zero attached hydrogens (tertiary/aromatic N) is 2. The predicted molar refractivity (Wildman–Crippen MR) is 81.4 cm³/mol. The number of β-amino-alcohol motifs (C(OH)–C–C–N with tert-alkyl or cyclic N) is 1. The van der Waals surface area contributed by atoms with Crippen molar-refractivity contribution in [3.05, 3.63) is 35.4 Å². The molecule has 2 heterocycles. The van der Waals surface area contributed by atoms with Gasteiger partial charge in [0.05, 0.1) is 6.10 Å². The fourth-order valence-electron chi connectivity index (χ4n) is 3.43. The van der Waals surface area contributed by atoms with Crippen molar-refractivity contribution in [1.82, 2.24) is 9.80 Å². The van der Waals surface area contributed by atoms with Gasteiger partial charge < -0.3 is 10.0 Å². The highest BCUT2D eigenvalue weighted by Crippen LogP contribution is 2.22. The van der Waals surface area contributed by atoms with E-state index in [0.717, 1.165) is 45.2 Å². The van der Waals surface area contributed by atoms with Gasteiger partial charge in [-0.2, -0.15) is 0 Å². The largest absolute Gasteiger partial charge is 0.390 e. The maximum atomic E-state index is 10.3. The molecule has 0 aliphatic carbocycles. The highest BCUT2D eigenvalue weighted by molar-refractivity contribution is 5.30. The number of aliphatic hydroxyl groups is 1. The minimum Gasteiger partial charge on any atom is -0.390 e. The van der Waals surface area contributed by atoms with Crippen LogP contribution in [0.2, 0.25) is 0 Å². The lowest BCUT2D eigenvalue weighted by atomic mass is 9.99. The Balaban J connectivity index is 1.45. The summed E-state index contributed by atoms with van der Waals surface area (Å²) in [4.78, 5) is 4.79. The summed E-state index contributed by atoms with van der Waals surface area (Å²) >= 11 is 0. The van der Waals surface area contributed by atoms with Gasteiger partial charge in [0, 0.05) is 26.2 Å². The summed E-state index contributed by atoms with van der Waals surface area (Å²) < 4.78 is 0. The predicted octanol–water partition coefficient (Wildman–Crippen LogP) is 2.09. The zero-order valence-electron chi connectivity index (χ0n) is 12.5. The minimum atomic E-state index is -0.224. The van der Waals surface area contributed by atoms with Crippen LogP contribution >= 0.6 is 0 Å². The molecule has 2 aliphatic rings. The molecule has 2 aliphatic heterocycles. The van der Waals surface area contributed by atoms with E-state index < -0.39 is 0 Å². The molecule has 3 rings (SSSR count). The molecule has 0 aromatic heterocycles. The average molecular weight is 274 g/mol. The molecular weight excluding hydrogens is 248 g/mol. The van der Waals surface area contributed by atoms with Crippen LogP contribution in [0.5, 0.6) is 0 Å². The number of aliphatic hydroxyl groups excluding tert-OH is 1. The molecule has 0 bridgehead atoms. The number of piperidine rings is 1. The monoisotopic (exact) mass is 274 g/mol. The van der Waals surface area contributed by atoms with Crippen LogP contribution in [0.4, 0.5) is 0 Å². The lowest BCUT2D eigenvalue weighted by Crippen LogP contribution is -2.42. The van der Waals surface area contributed by atoms with Gasteiger partial charge in [-0.1, -0.05) is 31.2 Å². The van der Waals surface area contributed by atoms with Crippen molar-refractivity contribution in [2.75, 3.05) is 26.2 Å². The molecule has 1 aromatic rings. The molecule has 0 saturated carbocycles. The van der Waals surface area contributed by atoms with Crippen LogP contribution in [-0.2, 0) is 13.1 Å². The van der Waals surface area contributed by atoms with Crippen LogP contribution in [0.1, 0.15) is 30.9 Å². The SMILES string of the molecule is CC1CCN(CC(O)CN2Cc3ccccc3C2)CC1. The molecule has 1 N–H and O–H groups in total. The van der Waals surface area contributed by atoms with Gasteiger partial charge in [0.25, 0.3) is 0 Å². The van der Waals surface area contributed by atoms with Gasteiger partial charge in [-0.25, -0.2) is 0 Å². The molecule has 1 unspecified atom stereocenters. The van der Waals surface area contributed by atoms with E-state index in [-0.39, 0.29) is 6.10 Å². The van der Waals surface area contributed by atoms with E-state index in [0.29, 0.717) is 0 Å². The first-order chi connectivity index (χ1) is 9.70. The van der Waals surface area contributed by atoms with E-state index in [1.807, 2.05) is 0 Å². The second kappa shape index (κ2) is 6.25. The maximum Gasteiger partial charge on any atom is 0.0794 e. The van der Waals surface area contributed by atoms with Crippen molar-refractivity contribution >= 4 is 0 Å². The molecule has 0 spiro atoms. The van der Waals surface area contributed by atoms with E-state index in [1.54, 1.807) is 0 Å². The average Bonchev–Trinajstić information content (AvgIpc) is 2.83. The zero-order chi connectivity index (χ0) is 13.9. The maximum absolute atomic E-state index is 10.3. The highest BCUT2D eigenvalue weighted by Gasteiger charge is 2.23. The van der Waals surface area contributed by atoms with Gasteiger partial charge in [0.15, 0.2) is 0 Å². The Bertz CT molecular complexity index is 415. The molecule has 1 fully saturated rings. The van der Waals surface area contributed by atoms with Crippen molar-refractivity contribution in [1.29, 1.82) is 0 Å². The first-order valence-corrected chi connectivity index (χ1v) is 7.90. The second-order valence-corrected chi connectivity index (χ2v) is 6.58. The minimum absolute atomic E-state index is 0.224. The van der Waals surface area contributed by atoms with Crippen molar-refractivity contribution in [3.63, 3.8) is 0 Å².